The van der Waals surface area contributed by atoms with Crippen molar-refractivity contribution in [1.29, 1.82) is 0 Å². The number of fused-ring (bicyclic) bond motifs is 1. The van der Waals surface area contributed by atoms with Gasteiger partial charge in [0.2, 0.25) is 5.24 Å². The number of allylic oxidation sites excluding steroid dienone is 2. The van der Waals surface area contributed by atoms with Crippen LogP contribution in [0.2, 0.25) is 0 Å². The third kappa shape index (κ3) is 2.31. The average molecular weight is 231 g/mol. The van der Waals surface area contributed by atoms with E-state index in [9.17, 15) is 4.79 Å². The lowest BCUT2D eigenvalue weighted by molar-refractivity contribution is -0.107. The van der Waals surface area contributed by atoms with Gasteiger partial charge in [-0.3, -0.25) is 4.79 Å². The molecule has 0 spiro atoms. The summed E-state index contributed by atoms with van der Waals surface area (Å²) in [5, 5.41) is 1.91. The molecule has 0 unspecified atom stereocenters. The van der Waals surface area contributed by atoms with E-state index in [1.807, 2.05) is 31.2 Å². The smallest absolute Gasteiger partial charge is 0.245 e. The molecule has 0 atom stereocenters. The van der Waals surface area contributed by atoms with E-state index in [1.165, 1.54) is 11.5 Å². The zero-order chi connectivity index (χ0) is 11.5. The molecule has 0 aliphatic carbocycles. The highest BCUT2D eigenvalue weighted by Crippen LogP contribution is 2.20. The minimum absolute atomic E-state index is 0.439. The molecule has 0 radical (unpaired) electrons. The molecule has 0 bridgehead atoms. The van der Waals surface area contributed by atoms with Gasteiger partial charge in [-0.1, -0.05) is 36.4 Å². The van der Waals surface area contributed by atoms with E-state index in [4.69, 9.17) is 11.6 Å². The fourth-order valence-electron chi connectivity index (χ4n) is 1.69. The fourth-order valence-corrected chi connectivity index (χ4v) is 1.85. The summed E-state index contributed by atoms with van der Waals surface area (Å²) in [5.74, 6) is 0. The van der Waals surface area contributed by atoms with Gasteiger partial charge in [-0.05, 0) is 46.5 Å². The van der Waals surface area contributed by atoms with E-state index < -0.39 is 5.24 Å². The first-order valence-corrected chi connectivity index (χ1v) is 5.41. The van der Waals surface area contributed by atoms with Crippen LogP contribution in [0.3, 0.4) is 0 Å². The molecular formula is C14H11ClO. The molecule has 2 heteroatoms. The first-order valence-electron chi connectivity index (χ1n) is 5.04. The van der Waals surface area contributed by atoms with Gasteiger partial charge in [0.25, 0.3) is 0 Å². The van der Waals surface area contributed by atoms with Crippen LogP contribution in [0.15, 0.2) is 48.5 Å². The number of rotatable bonds is 2. The van der Waals surface area contributed by atoms with Gasteiger partial charge in [-0.25, -0.2) is 0 Å². The highest BCUT2D eigenvalue weighted by molar-refractivity contribution is 6.67. The lowest BCUT2D eigenvalue weighted by Crippen LogP contribution is -1.84. The third-order valence-corrected chi connectivity index (χ3v) is 2.64. The van der Waals surface area contributed by atoms with Crippen molar-refractivity contribution in [3.8, 4) is 0 Å². The minimum Gasteiger partial charge on any atom is -0.276 e. The number of carbonyl (C=O) groups excluding carboxylic acids is 1. The number of halogens is 1. The first kappa shape index (κ1) is 10.9. The zero-order valence-corrected chi connectivity index (χ0v) is 9.66. The van der Waals surface area contributed by atoms with Gasteiger partial charge in [0.05, 0.1) is 0 Å². The largest absolute Gasteiger partial charge is 0.276 e. The molecule has 0 aliphatic heterocycles. The van der Waals surface area contributed by atoms with Gasteiger partial charge in [0.1, 0.15) is 0 Å². The van der Waals surface area contributed by atoms with E-state index in [0.717, 1.165) is 16.5 Å². The second-order valence-electron chi connectivity index (χ2n) is 3.69. The van der Waals surface area contributed by atoms with Crippen molar-refractivity contribution in [2.75, 3.05) is 0 Å². The van der Waals surface area contributed by atoms with E-state index in [1.54, 1.807) is 0 Å². The molecule has 0 N–H and O–H groups in total. The normalized spacial score (nSPS) is 11.8. The minimum atomic E-state index is -0.439. The van der Waals surface area contributed by atoms with Crippen molar-refractivity contribution in [3.63, 3.8) is 0 Å². The molecule has 0 aliphatic rings. The van der Waals surface area contributed by atoms with Gasteiger partial charge >= 0.3 is 0 Å². The van der Waals surface area contributed by atoms with Gasteiger partial charge in [0.15, 0.2) is 0 Å². The number of hydrogen-bond donors (Lipinski definition) is 0. The number of carbonyl (C=O) groups is 1. The summed E-state index contributed by atoms with van der Waals surface area (Å²) in [6.45, 7) is 1.88. The molecule has 16 heavy (non-hydrogen) atoms. The Hall–Kier alpha value is -1.60. The van der Waals surface area contributed by atoms with Crippen LogP contribution in [-0.4, -0.2) is 5.24 Å². The maximum Gasteiger partial charge on any atom is 0.245 e. The summed E-state index contributed by atoms with van der Waals surface area (Å²) in [6, 6.07) is 14.2. The molecule has 2 aromatic carbocycles. The summed E-state index contributed by atoms with van der Waals surface area (Å²) in [6.07, 6.45) is 1.44. The van der Waals surface area contributed by atoms with E-state index >= 15 is 0 Å². The zero-order valence-electron chi connectivity index (χ0n) is 8.91. The highest BCUT2D eigenvalue weighted by atomic mass is 35.5. The van der Waals surface area contributed by atoms with Gasteiger partial charge in [-0.15, -0.1) is 0 Å². The second-order valence-corrected chi connectivity index (χ2v) is 4.07. The summed E-state index contributed by atoms with van der Waals surface area (Å²) in [4.78, 5) is 10.8. The Morgan fingerprint density at radius 2 is 1.81 bits per heavy atom. The lowest BCUT2D eigenvalue weighted by atomic mass is 10.0. The predicted molar refractivity (Wildman–Crippen MR) is 68.5 cm³/mol. The Balaban J connectivity index is 2.51. The molecule has 0 aromatic heterocycles. The molecule has 80 valence electrons. The Kier molecular flexibility index (Phi) is 3.07. The lowest BCUT2D eigenvalue weighted by Gasteiger charge is -2.03. The molecule has 0 fully saturated rings. The fraction of sp³-hybridized carbons (Fsp3) is 0.0714. The predicted octanol–water partition coefficient (Wildman–Crippen LogP) is 4.01. The molecule has 2 aromatic rings. The Bertz CT molecular complexity index is 570. The van der Waals surface area contributed by atoms with Crippen molar-refractivity contribution in [2.45, 2.75) is 6.92 Å². The number of benzene rings is 2. The molecule has 0 amide bonds. The highest BCUT2D eigenvalue weighted by Gasteiger charge is 1.99. The topological polar surface area (TPSA) is 17.1 Å². The molecule has 0 heterocycles. The summed E-state index contributed by atoms with van der Waals surface area (Å²) >= 11 is 5.33. The monoisotopic (exact) mass is 230 g/mol. The molecular weight excluding hydrogens is 220 g/mol. The van der Waals surface area contributed by atoms with Gasteiger partial charge < -0.3 is 0 Å². The van der Waals surface area contributed by atoms with Crippen LogP contribution in [0.25, 0.3) is 16.3 Å². The van der Waals surface area contributed by atoms with Crippen LogP contribution in [0.1, 0.15) is 12.5 Å². The van der Waals surface area contributed by atoms with Crippen molar-refractivity contribution in [1.82, 2.24) is 0 Å². The third-order valence-electron chi connectivity index (χ3n) is 2.53. The van der Waals surface area contributed by atoms with Crippen LogP contribution in [0, 0.1) is 0 Å². The van der Waals surface area contributed by atoms with Gasteiger partial charge in [-0.2, -0.15) is 0 Å². The maximum absolute atomic E-state index is 10.8. The van der Waals surface area contributed by atoms with Crippen LogP contribution in [0.4, 0.5) is 0 Å². The maximum atomic E-state index is 10.8. The Labute approximate surface area is 99.3 Å². The molecule has 1 nitrogen and oxygen atoms in total. The molecule has 2 rings (SSSR count). The average Bonchev–Trinajstić information content (AvgIpc) is 2.27. The van der Waals surface area contributed by atoms with Crippen molar-refractivity contribution in [2.24, 2.45) is 0 Å². The van der Waals surface area contributed by atoms with Crippen LogP contribution in [-0.2, 0) is 4.79 Å². The quantitative estimate of drug-likeness (QED) is 0.563. The Morgan fingerprint density at radius 3 is 2.50 bits per heavy atom. The number of hydrogen-bond acceptors (Lipinski definition) is 1. The van der Waals surface area contributed by atoms with E-state index in [0.29, 0.717) is 0 Å². The molecule has 0 saturated carbocycles. The summed E-state index contributed by atoms with van der Waals surface area (Å²) in [7, 11) is 0. The van der Waals surface area contributed by atoms with Crippen LogP contribution < -0.4 is 0 Å². The van der Waals surface area contributed by atoms with Crippen LogP contribution in [0.5, 0.6) is 0 Å². The second kappa shape index (κ2) is 4.50. The summed E-state index contributed by atoms with van der Waals surface area (Å²) in [5.41, 5.74) is 1.90. The van der Waals surface area contributed by atoms with Crippen molar-refractivity contribution < 1.29 is 4.79 Å². The van der Waals surface area contributed by atoms with E-state index in [2.05, 4.69) is 18.2 Å². The van der Waals surface area contributed by atoms with Crippen molar-refractivity contribution in [3.05, 3.63) is 54.1 Å². The first-order chi connectivity index (χ1) is 7.66. The van der Waals surface area contributed by atoms with Crippen LogP contribution >= 0.6 is 11.6 Å². The van der Waals surface area contributed by atoms with Gasteiger partial charge in [0, 0.05) is 6.08 Å². The standard InChI is InChI=1S/C14H11ClO/c1-10(8-14(15)16)12-7-6-11-4-2-3-5-13(11)9-12/h2-9H,1H3/b10-8+. The van der Waals surface area contributed by atoms with Crippen molar-refractivity contribution >= 4 is 33.2 Å². The molecule has 0 saturated heterocycles. The summed E-state index contributed by atoms with van der Waals surface area (Å²) < 4.78 is 0. The van der Waals surface area contributed by atoms with E-state index in [-0.39, 0.29) is 0 Å². The Morgan fingerprint density at radius 1 is 1.12 bits per heavy atom. The SMILES string of the molecule is C/C(=C\C(=O)Cl)c1ccc2ccccc2c1.